The van der Waals surface area contributed by atoms with E-state index in [-0.39, 0.29) is 0 Å². The standard InChI is InChI=1S/C19H28N4O2/c1-13(2)12-21-18-10-14(3)22-19(23-18)20-9-8-15-6-7-16(24-4)17(11-15)25-5/h6-7,10-11,13H,8-9,12H2,1-5H3,(H2,20,21,22,23). The third kappa shape index (κ3) is 5.81. The number of aromatic nitrogens is 2. The Bertz CT molecular complexity index is 689. The van der Waals surface area contributed by atoms with Crippen LogP contribution in [0.1, 0.15) is 25.1 Å². The average molecular weight is 344 g/mol. The first kappa shape index (κ1) is 18.8. The van der Waals surface area contributed by atoms with E-state index in [9.17, 15) is 0 Å². The van der Waals surface area contributed by atoms with Gasteiger partial charge in [0.1, 0.15) is 5.82 Å². The Hall–Kier alpha value is -2.50. The number of nitrogens with zero attached hydrogens (tertiary/aromatic N) is 2. The smallest absolute Gasteiger partial charge is 0.224 e. The van der Waals surface area contributed by atoms with Crippen LogP contribution in [0.5, 0.6) is 11.5 Å². The van der Waals surface area contributed by atoms with Gasteiger partial charge in [-0.05, 0) is 37.0 Å². The monoisotopic (exact) mass is 344 g/mol. The van der Waals surface area contributed by atoms with E-state index in [0.717, 1.165) is 48.1 Å². The first-order valence-corrected chi connectivity index (χ1v) is 8.56. The van der Waals surface area contributed by atoms with E-state index in [1.54, 1.807) is 14.2 Å². The first-order chi connectivity index (χ1) is 12.0. The number of anilines is 2. The molecule has 1 heterocycles. The lowest BCUT2D eigenvalue weighted by molar-refractivity contribution is 0.354. The minimum atomic E-state index is 0.566. The van der Waals surface area contributed by atoms with Gasteiger partial charge in [0.05, 0.1) is 14.2 Å². The van der Waals surface area contributed by atoms with Crippen LogP contribution in [0.25, 0.3) is 0 Å². The van der Waals surface area contributed by atoms with Crippen molar-refractivity contribution < 1.29 is 9.47 Å². The third-order valence-corrected chi connectivity index (χ3v) is 3.69. The van der Waals surface area contributed by atoms with Gasteiger partial charge < -0.3 is 20.1 Å². The predicted octanol–water partition coefficient (Wildman–Crippen LogP) is 3.52. The van der Waals surface area contributed by atoms with Crippen LogP contribution in [0.2, 0.25) is 0 Å². The van der Waals surface area contributed by atoms with Crippen molar-refractivity contribution in [1.82, 2.24) is 9.97 Å². The maximum atomic E-state index is 5.34. The fraction of sp³-hybridized carbons (Fsp3) is 0.474. The zero-order valence-electron chi connectivity index (χ0n) is 15.7. The number of benzene rings is 1. The van der Waals surface area contributed by atoms with Crippen molar-refractivity contribution in [3.63, 3.8) is 0 Å². The minimum Gasteiger partial charge on any atom is -0.493 e. The normalized spacial score (nSPS) is 10.6. The van der Waals surface area contributed by atoms with Gasteiger partial charge in [0, 0.05) is 24.8 Å². The molecule has 2 aromatic rings. The molecule has 6 heteroatoms. The average Bonchev–Trinajstić information content (AvgIpc) is 2.59. The Balaban J connectivity index is 1.95. The summed E-state index contributed by atoms with van der Waals surface area (Å²) in [4.78, 5) is 8.97. The molecule has 0 fully saturated rings. The fourth-order valence-electron chi connectivity index (χ4n) is 2.40. The van der Waals surface area contributed by atoms with Crippen LogP contribution in [-0.4, -0.2) is 37.3 Å². The summed E-state index contributed by atoms with van der Waals surface area (Å²) in [5.41, 5.74) is 2.10. The molecule has 0 spiro atoms. The van der Waals surface area contributed by atoms with Crippen LogP contribution in [0.3, 0.4) is 0 Å². The summed E-state index contributed by atoms with van der Waals surface area (Å²) in [6.07, 6.45) is 0.840. The molecule has 0 saturated carbocycles. The molecule has 1 aromatic heterocycles. The lowest BCUT2D eigenvalue weighted by atomic mass is 10.1. The first-order valence-electron chi connectivity index (χ1n) is 8.56. The van der Waals surface area contributed by atoms with Crippen LogP contribution in [0, 0.1) is 12.8 Å². The van der Waals surface area contributed by atoms with Gasteiger partial charge >= 0.3 is 0 Å². The molecular formula is C19H28N4O2. The summed E-state index contributed by atoms with van der Waals surface area (Å²) >= 11 is 0. The Labute approximate surface area is 150 Å². The number of ether oxygens (including phenoxy) is 2. The molecule has 0 radical (unpaired) electrons. The maximum absolute atomic E-state index is 5.34. The molecule has 2 rings (SSSR count). The van der Waals surface area contributed by atoms with Crippen LogP contribution in [-0.2, 0) is 6.42 Å². The molecule has 1 aromatic carbocycles. The molecule has 0 amide bonds. The van der Waals surface area contributed by atoms with Gasteiger partial charge in [-0.15, -0.1) is 0 Å². The highest BCUT2D eigenvalue weighted by Crippen LogP contribution is 2.27. The molecule has 0 unspecified atom stereocenters. The molecule has 0 bridgehead atoms. The van der Waals surface area contributed by atoms with Crippen LogP contribution >= 0.6 is 0 Å². The number of hydrogen-bond donors (Lipinski definition) is 2. The summed E-state index contributed by atoms with van der Waals surface area (Å²) in [7, 11) is 3.28. The van der Waals surface area contributed by atoms with E-state index in [4.69, 9.17) is 9.47 Å². The summed E-state index contributed by atoms with van der Waals surface area (Å²) < 4.78 is 10.6. The van der Waals surface area contributed by atoms with Gasteiger partial charge in [0.25, 0.3) is 0 Å². The largest absolute Gasteiger partial charge is 0.493 e. The van der Waals surface area contributed by atoms with Crippen LogP contribution in [0.4, 0.5) is 11.8 Å². The Morgan fingerprint density at radius 1 is 1.00 bits per heavy atom. The molecule has 25 heavy (non-hydrogen) atoms. The Morgan fingerprint density at radius 3 is 2.44 bits per heavy atom. The zero-order chi connectivity index (χ0) is 18.2. The van der Waals surface area contributed by atoms with E-state index in [1.807, 2.05) is 31.2 Å². The van der Waals surface area contributed by atoms with Crippen molar-refractivity contribution in [3.05, 3.63) is 35.5 Å². The van der Waals surface area contributed by atoms with Gasteiger partial charge in [0.2, 0.25) is 5.95 Å². The second-order valence-electron chi connectivity index (χ2n) is 6.36. The summed E-state index contributed by atoms with van der Waals surface area (Å²) in [6.45, 7) is 7.94. The molecule has 136 valence electrons. The maximum Gasteiger partial charge on any atom is 0.224 e. The SMILES string of the molecule is COc1ccc(CCNc2nc(C)cc(NCC(C)C)n2)cc1OC. The molecule has 0 aliphatic heterocycles. The lowest BCUT2D eigenvalue weighted by Gasteiger charge is -2.12. The second-order valence-corrected chi connectivity index (χ2v) is 6.36. The number of nitrogens with one attached hydrogen (secondary N) is 2. The van der Waals surface area contributed by atoms with Crippen LogP contribution in [0.15, 0.2) is 24.3 Å². The van der Waals surface area contributed by atoms with Gasteiger partial charge in [-0.25, -0.2) is 4.98 Å². The summed E-state index contributed by atoms with van der Waals surface area (Å²) in [5.74, 6) is 3.55. The highest BCUT2D eigenvalue weighted by atomic mass is 16.5. The quantitative estimate of drug-likeness (QED) is 0.725. The predicted molar refractivity (Wildman–Crippen MR) is 102 cm³/mol. The van der Waals surface area contributed by atoms with E-state index < -0.39 is 0 Å². The third-order valence-electron chi connectivity index (χ3n) is 3.69. The highest BCUT2D eigenvalue weighted by Gasteiger charge is 2.06. The Kier molecular flexibility index (Phi) is 6.86. The van der Waals surface area contributed by atoms with Crippen molar-refractivity contribution in [1.29, 1.82) is 0 Å². The number of rotatable bonds is 9. The fourth-order valence-corrected chi connectivity index (χ4v) is 2.40. The van der Waals surface area contributed by atoms with Crippen LogP contribution < -0.4 is 20.1 Å². The molecule has 6 nitrogen and oxygen atoms in total. The molecule has 2 N–H and O–H groups in total. The van der Waals surface area contributed by atoms with Crippen molar-refractivity contribution in [3.8, 4) is 11.5 Å². The topological polar surface area (TPSA) is 68.3 Å². The minimum absolute atomic E-state index is 0.566. The molecular weight excluding hydrogens is 316 g/mol. The van der Waals surface area contributed by atoms with Crippen molar-refractivity contribution >= 4 is 11.8 Å². The Morgan fingerprint density at radius 2 is 1.76 bits per heavy atom. The molecule has 0 aliphatic rings. The summed E-state index contributed by atoms with van der Waals surface area (Å²) in [6, 6.07) is 7.91. The van der Waals surface area contributed by atoms with E-state index in [1.165, 1.54) is 0 Å². The van der Waals surface area contributed by atoms with Crippen molar-refractivity contribution in [2.24, 2.45) is 5.92 Å². The second kappa shape index (κ2) is 9.11. The number of methoxy groups -OCH3 is 2. The molecule has 0 atom stereocenters. The number of aryl methyl sites for hydroxylation is 1. The van der Waals surface area contributed by atoms with Gasteiger partial charge in [-0.2, -0.15) is 4.98 Å². The summed E-state index contributed by atoms with van der Waals surface area (Å²) in [5, 5.41) is 6.63. The highest BCUT2D eigenvalue weighted by molar-refractivity contribution is 5.44. The van der Waals surface area contributed by atoms with E-state index in [2.05, 4.69) is 34.4 Å². The molecule has 0 saturated heterocycles. The zero-order valence-corrected chi connectivity index (χ0v) is 15.7. The molecule has 0 aliphatic carbocycles. The van der Waals surface area contributed by atoms with E-state index in [0.29, 0.717) is 11.9 Å². The van der Waals surface area contributed by atoms with E-state index >= 15 is 0 Å². The van der Waals surface area contributed by atoms with Crippen molar-refractivity contribution in [2.45, 2.75) is 27.2 Å². The van der Waals surface area contributed by atoms with Gasteiger partial charge in [-0.3, -0.25) is 0 Å². The van der Waals surface area contributed by atoms with Gasteiger partial charge in [-0.1, -0.05) is 19.9 Å². The number of hydrogen-bond acceptors (Lipinski definition) is 6. The lowest BCUT2D eigenvalue weighted by Crippen LogP contribution is -2.13. The van der Waals surface area contributed by atoms with Gasteiger partial charge in [0.15, 0.2) is 11.5 Å². The van der Waals surface area contributed by atoms with Crippen molar-refractivity contribution in [2.75, 3.05) is 37.9 Å².